The Balaban J connectivity index is 1.17. The van der Waals surface area contributed by atoms with Crippen molar-refractivity contribution in [2.45, 2.75) is 51.5 Å². The van der Waals surface area contributed by atoms with Crippen LogP contribution < -0.4 is 5.32 Å². The highest BCUT2D eigenvalue weighted by molar-refractivity contribution is 6.33. The molecule has 1 N–H and O–H groups in total. The summed E-state index contributed by atoms with van der Waals surface area (Å²) in [5.74, 6) is 1.55. The Kier molecular flexibility index (Phi) is 11.9. The van der Waals surface area contributed by atoms with Crippen molar-refractivity contribution >= 4 is 34.4 Å². The van der Waals surface area contributed by atoms with Gasteiger partial charge in [0.2, 0.25) is 5.91 Å². The summed E-state index contributed by atoms with van der Waals surface area (Å²) in [7, 11) is 3.33. The number of hydrogen-bond donors (Lipinski definition) is 1. The van der Waals surface area contributed by atoms with E-state index in [0.29, 0.717) is 43.3 Å². The zero-order valence-corrected chi connectivity index (χ0v) is 27.9. The van der Waals surface area contributed by atoms with Gasteiger partial charge >= 0.3 is 0 Å². The van der Waals surface area contributed by atoms with Gasteiger partial charge in [0.25, 0.3) is 5.91 Å². The maximum Gasteiger partial charge on any atom is 0.251 e. The van der Waals surface area contributed by atoms with E-state index in [1.165, 1.54) is 5.56 Å². The number of piperidine rings is 1. The molecule has 0 spiro atoms. The van der Waals surface area contributed by atoms with Crippen molar-refractivity contribution in [2.75, 3.05) is 47.1 Å². The Hall–Kier alpha value is -3.72. The number of carbonyl (C=O) groups excluding carboxylic acids is 2. The molecule has 2 atom stereocenters. The zero-order chi connectivity index (χ0) is 32.5. The lowest BCUT2D eigenvalue weighted by molar-refractivity contribution is -0.133. The van der Waals surface area contributed by atoms with Crippen LogP contribution in [0, 0.1) is 5.92 Å². The van der Waals surface area contributed by atoms with Gasteiger partial charge in [0.1, 0.15) is 5.82 Å². The molecule has 1 aliphatic rings. The number of ether oxygens (including phenoxy) is 2. The minimum Gasteiger partial charge on any atom is -0.385 e. The molecule has 1 aliphatic heterocycles. The van der Waals surface area contributed by atoms with Gasteiger partial charge in [0.05, 0.1) is 17.6 Å². The van der Waals surface area contributed by atoms with E-state index in [2.05, 4.69) is 64.2 Å². The highest BCUT2D eigenvalue weighted by Crippen LogP contribution is 2.32. The molecule has 0 unspecified atom stereocenters. The Morgan fingerprint density at radius 1 is 1.04 bits per heavy atom. The van der Waals surface area contributed by atoms with Gasteiger partial charge in [-0.1, -0.05) is 61.0 Å². The molecule has 0 radical (unpaired) electrons. The predicted octanol–water partition coefficient (Wildman–Crippen LogP) is 6.74. The number of carbonyl (C=O) groups is 2. The third-order valence-corrected chi connectivity index (χ3v) is 9.06. The first kappa shape index (κ1) is 33.6. The molecule has 1 fully saturated rings. The van der Waals surface area contributed by atoms with Crippen LogP contribution in [0.25, 0.3) is 22.2 Å². The van der Waals surface area contributed by atoms with Gasteiger partial charge in [0.15, 0.2) is 0 Å². The molecule has 5 rings (SSSR count). The van der Waals surface area contributed by atoms with Gasteiger partial charge in [0, 0.05) is 75.5 Å². The fraction of sp³-hybridized carbons (Fsp3) is 0.432. The summed E-state index contributed by atoms with van der Waals surface area (Å²) in [6.45, 7) is 6.12. The van der Waals surface area contributed by atoms with Gasteiger partial charge in [-0.05, 0) is 67.0 Å². The fourth-order valence-corrected chi connectivity index (χ4v) is 6.69. The second kappa shape index (κ2) is 16.2. The van der Waals surface area contributed by atoms with Crippen LogP contribution in [-0.4, -0.2) is 73.3 Å². The minimum atomic E-state index is -0.178. The first-order valence-electron chi connectivity index (χ1n) is 16.3. The van der Waals surface area contributed by atoms with Gasteiger partial charge in [-0.15, -0.1) is 0 Å². The summed E-state index contributed by atoms with van der Waals surface area (Å²) in [6.07, 6.45) is 4.26. The number of amides is 2. The van der Waals surface area contributed by atoms with E-state index in [0.717, 1.165) is 66.8 Å². The number of benzene rings is 3. The summed E-state index contributed by atoms with van der Waals surface area (Å²) in [5, 5.41) is 3.34. The topological polar surface area (TPSA) is 85.7 Å². The average molecular weight is 645 g/mol. The van der Waals surface area contributed by atoms with Crippen LogP contribution in [0.2, 0.25) is 5.02 Å². The maximum atomic E-state index is 13.5. The largest absolute Gasteiger partial charge is 0.385 e. The molecule has 8 nitrogen and oxygen atoms in total. The normalized spacial score (nSPS) is 15.7. The third-order valence-electron chi connectivity index (χ3n) is 8.75. The summed E-state index contributed by atoms with van der Waals surface area (Å²) in [4.78, 5) is 33.0. The molecule has 0 aliphatic carbocycles. The van der Waals surface area contributed by atoms with Gasteiger partial charge < -0.3 is 24.3 Å². The lowest BCUT2D eigenvalue weighted by atomic mass is 9.93. The van der Waals surface area contributed by atoms with Crippen molar-refractivity contribution in [2.24, 2.45) is 5.92 Å². The zero-order valence-electron chi connectivity index (χ0n) is 27.1. The van der Waals surface area contributed by atoms with Gasteiger partial charge in [-0.25, -0.2) is 4.98 Å². The number of aryl methyl sites for hydroxylation is 1. The number of halogens is 1. The molecule has 46 heavy (non-hydrogen) atoms. The quantitative estimate of drug-likeness (QED) is 0.154. The van der Waals surface area contributed by atoms with E-state index in [1.54, 1.807) is 26.4 Å². The number of aromatic nitrogens is 2. The molecular weight excluding hydrogens is 600 g/mol. The first-order chi connectivity index (χ1) is 22.4. The van der Waals surface area contributed by atoms with Crippen LogP contribution >= 0.6 is 11.6 Å². The number of hydrogen-bond acceptors (Lipinski definition) is 5. The van der Waals surface area contributed by atoms with Gasteiger partial charge in [-0.2, -0.15) is 0 Å². The van der Waals surface area contributed by atoms with Crippen molar-refractivity contribution in [3.63, 3.8) is 0 Å². The van der Waals surface area contributed by atoms with Crippen molar-refractivity contribution in [1.82, 2.24) is 19.8 Å². The molecule has 1 saturated heterocycles. The smallest absolute Gasteiger partial charge is 0.251 e. The number of rotatable bonds is 14. The maximum absolute atomic E-state index is 13.5. The van der Waals surface area contributed by atoms with Crippen LogP contribution in [0.4, 0.5) is 0 Å². The van der Waals surface area contributed by atoms with Gasteiger partial charge in [-0.3, -0.25) is 9.59 Å². The molecule has 9 heteroatoms. The average Bonchev–Trinajstić information content (AvgIpc) is 3.44. The minimum absolute atomic E-state index is 0.178. The summed E-state index contributed by atoms with van der Waals surface area (Å²) < 4.78 is 12.6. The van der Waals surface area contributed by atoms with E-state index in [9.17, 15) is 9.59 Å². The summed E-state index contributed by atoms with van der Waals surface area (Å²) in [6, 6.07) is 22.0. The second-order valence-corrected chi connectivity index (χ2v) is 12.7. The van der Waals surface area contributed by atoms with Crippen molar-refractivity contribution < 1.29 is 19.1 Å². The van der Waals surface area contributed by atoms with Crippen LogP contribution in [0.5, 0.6) is 0 Å². The number of nitrogens with zero attached hydrogens (tertiary/aromatic N) is 3. The molecule has 2 amide bonds. The number of fused-ring (bicyclic) bond motifs is 1. The Morgan fingerprint density at radius 3 is 2.59 bits per heavy atom. The number of para-hydroxylation sites is 2. The standard InChI is InChI=1S/C37H45ClN4O4/c1-26(22-27-11-13-28(14-12-27)31-16-15-29(24-32(31)38)37(44)39-17-21-46-3)23-35(43)41-18-6-8-30(25-41)36-40-33-9-4-5-10-34(33)42(36)19-7-20-45-2/h4-5,9-16,24,26,30H,6-8,17-23,25H2,1-3H3,(H,39,44)/t26-,30-/m1/s1. The monoisotopic (exact) mass is 644 g/mol. The number of methoxy groups -OCH3 is 2. The molecule has 3 aromatic carbocycles. The van der Waals surface area contributed by atoms with Crippen molar-refractivity contribution in [3.8, 4) is 11.1 Å². The van der Waals surface area contributed by atoms with Crippen molar-refractivity contribution in [3.05, 3.63) is 88.7 Å². The Morgan fingerprint density at radius 2 is 1.83 bits per heavy atom. The van der Waals surface area contributed by atoms with Crippen molar-refractivity contribution in [1.29, 1.82) is 0 Å². The highest BCUT2D eigenvalue weighted by Gasteiger charge is 2.29. The summed E-state index contributed by atoms with van der Waals surface area (Å²) in [5.41, 5.74) is 5.71. The highest BCUT2D eigenvalue weighted by atomic mass is 35.5. The van der Waals surface area contributed by atoms with Crippen LogP contribution in [0.3, 0.4) is 0 Å². The van der Waals surface area contributed by atoms with E-state index in [4.69, 9.17) is 26.1 Å². The van der Waals surface area contributed by atoms with E-state index in [-0.39, 0.29) is 23.7 Å². The van der Waals surface area contributed by atoms with E-state index in [1.807, 2.05) is 12.1 Å². The first-order valence-corrected chi connectivity index (χ1v) is 16.6. The Labute approximate surface area is 277 Å². The Bertz CT molecular complexity index is 1620. The second-order valence-electron chi connectivity index (χ2n) is 12.3. The molecule has 0 bridgehead atoms. The van der Waals surface area contributed by atoms with E-state index < -0.39 is 0 Å². The molecule has 4 aromatic rings. The van der Waals surface area contributed by atoms with Crippen LogP contribution in [0.1, 0.15) is 60.3 Å². The number of likely N-dealkylation sites (tertiary alicyclic amines) is 1. The predicted molar refractivity (Wildman–Crippen MR) is 183 cm³/mol. The fourth-order valence-electron chi connectivity index (χ4n) is 6.40. The van der Waals surface area contributed by atoms with E-state index >= 15 is 0 Å². The number of nitrogens with one attached hydrogen (secondary N) is 1. The van der Waals surface area contributed by atoms with Crippen LogP contribution in [-0.2, 0) is 27.2 Å². The molecular formula is C37H45ClN4O4. The number of imidazole rings is 1. The lowest BCUT2D eigenvalue weighted by Crippen LogP contribution is -2.40. The third kappa shape index (κ3) is 8.35. The van der Waals surface area contributed by atoms with Crippen LogP contribution in [0.15, 0.2) is 66.7 Å². The molecule has 0 saturated carbocycles. The molecule has 1 aromatic heterocycles. The molecule has 244 valence electrons. The SMILES string of the molecule is COCCCn1c([C@@H]2CCCN(C(=O)C[C@H](C)Cc3ccc(-c4ccc(C(=O)NCCOC)cc4Cl)cc3)C2)nc2ccccc21. The lowest BCUT2D eigenvalue weighted by Gasteiger charge is -2.33. The molecule has 2 heterocycles. The summed E-state index contributed by atoms with van der Waals surface area (Å²) >= 11 is 6.57.